The minimum absolute atomic E-state index is 0.0789. The predicted molar refractivity (Wildman–Crippen MR) is 96.5 cm³/mol. The van der Waals surface area contributed by atoms with Crippen molar-refractivity contribution in [3.8, 4) is 0 Å². The van der Waals surface area contributed by atoms with E-state index in [2.05, 4.69) is 16.2 Å². The van der Waals surface area contributed by atoms with Crippen molar-refractivity contribution in [1.29, 1.82) is 0 Å². The molecule has 1 saturated heterocycles. The maximum absolute atomic E-state index is 13.2. The molecule has 0 saturated carbocycles. The molecule has 3 aromatic rings. The Bertz CT molecular complexity index is 889. The van der Waals surface area contributed by atoms with Gasteiger partial charge in [-0.1, -0.05) is 30.3 Å². The number of carbonyl (C=O) groups is 1. The van der Waals surface area contributed by atoms with E-state index < -0.39 is 0 Å². The Balaban J connectivity index is 1.48. The van der Waals surface area contributed by atoms with Crippen LogP contribution in [0.2, 0.25) is 0 Å². The SMILES string of the molecule is CC(NC(=O)C1CNNC1c1ccc(F)cc1)c1cc2ccccc2o1. The lowest BCUT2D eigenvalue weighted by atomic mass is 9.94. The van der Waals surface area contributed by atoms with Crippen molar-refractivity contribution in [3.05, 3.63) is 71.7 Å². The number of hydrogen-bond donors (Lipinski definition) is 3. The van der Waals surface area contributed by atoms with Crippen LogP contribution in [0.25, 0.3) is 11.0 Å². The molecule has 1 fully saturated rings. The van der Waals surface area contributed by atoms with Crippen LogP contribution in [0, 0.1) is 11.7 Å². The van der Waals surface area contributed by atoms with E-state index >= 15 is 0 Å². The van der Waals surface area contributed by atoms with Crippen LogP contribution in [0.5, 0.6) is 0 Å². The number of rotatable bonds is 4. The van der Waals surface area contributed by atoms with E-state index in [1.807, 2.05) is 37.3 Å². The first-order chi connectivity index (χ1) is 12.6. The van der Waals surface area contributed by atoms with E-state index in [4.69, 9.17) is 4.42 Å². The van der Waals surface area contributed by atoms with Crippen molar-refractivity contribution in [2.75, 3.05) is 6.54 Å². The Morgan fingerprint density at radius 2 is 2.00 bits per heavy atom. The van der Waals surface area contributed by atoms with Gasteiger partial charge in [0.1, 0.15) is 17.2 Å². The van der Waals surface area contributed by atoms with Gasteiger partial charge in [0, 0.05) is 11.9 Å². The van der Waals surface area contributed by atoms with Crippen LogP contribution in [0.3, 0.4) is 0 Å². The lowest BCUT2D eigenvalue weighted by Gasteiger charge is -2.20. The maximum Gasteiger partial charge on any atom is 0.227 e. The second-order valence-corrected chi connectivity index (χ2v) is 6.58. The summed E-state index contributed by atoms with van der Waals surface area (Å²) in [5.74, 6) is 0.0492. The van der Waals surface area contributed by atoms with Gasteiger partial charge in [-0.25, -0.2) is 9.82 Å². The zero-order valence-corrected chi connectivity index (χ0v) is 14.3. The molecule has 0 spiro atoms. The number of carbonyl (C=O) groups excluding carboxylic acids is 1. The van der Waals surface area contributed by atoms with Gasteiger partial charge in [0.2, 0.25) is 5.91 Å². The smallest absolute Gasteiger partial charge is 0.227 e. The number of hydrazine groups is 1. The van der Waals surface area contributed by atoms with Gasteiger partial charge in [-0.05, 0) is 36.8 Å². The van der Waals surface area contributed by atoms with Crippen LogP contribution in [0.1, 0.15) is 30.3 Å². The van der Waals surface area contributed by atoms with Crippen molar-refractivity contribution >= 4 is 16.9 Å². The van der Waals surface area contributed by atoms with Crippen LogP contribution in [0.15, 0.2) is 59.0 Å². The number of halogens is 1. The fourth-order valence-corrected chi connectivity index (χ4v) is 3.33. The Morgan fingerprint density at radius 3 is 2.77 bits per heavy atom. The van der Waals surface area contributed by atoms with Gasteiger partial charge in [0.15, 0.2) is 0 Å². The van der Waals surface area contributed by atoms with Gasteiger partial charge in [0.25, 0.3) is 0 Å². The third-order valence-corrected chi connectivity index (χ3v) is 4.78. The van der Waals surface area contributed by atoms with Crippen molar-refractivity contribution in [2.45, 2.75) is 19.0 Å². The average molecular weight is 353 g/mol. The third kappa shape index (κ3) is 3.21. The molecule has 5 nitrogen and oxygen atoms in total. The summed E-state index contributed by atoms with van der Waals surface area (Å²) >= 11 is 0. The number of furan rings is 1. The molecule has 2 heterocycles. The molecule has 4 rings (SSSR count). The highest BCUT2D eigenvalue weighted by Crippen LogP contribution is 2.27. The standard InChI is InChI=1S/C20H20FN3O2/c1-12(18-10-14-4-2-3-5-17(14)26-18)23-20(25)16-11-22-24-19(16)13-6-8-15(21)9-7-13/h2-10,12,16,19,22,24H,11H2,1H3,(H,23,25). The number of fused-ring (bicyclic) bond motifs is 1. The Hall–Kier alpha value is -2.70. The van der Waals surface area contributed by atoms with E-state index in [0.717, 1.165) is 22.3 Å². The minimum Gasteiger partial charge on any atom is -0.459 e. The highest BCUT2D eigenvalue weighted by molar-refractivity contribution is 5.81. The third-order valence-electron chi connectivity index (χ3n) is 4.78. The van der Waals surface area contributed by atoms with Crippen LogP contribution >= 0.6 is 0 Å². The second kappa shape index (κ2) is 6.90. The summed E-state index contributed by atoms with van der Waals surface area (Å²) in [6.45, 7) is 2.40. The van der Waals surface area contributed by atoms with Crippen LogP contribution in [0.4, 0.5) is 4.39 Å². The Morgan fingerprint density at radius 1 is 1.23 bits per heavy atom. The van der Waals surface area contributed by atoms with Crippen LogP contribution < -0.4 is 16.2 Å². The molecule has 3 N–H and O–H groups in total. The molecule has 0 aliphatic carbocycles. The van der Waals surface area contributed by atoms with Gasteiger partial charge in [0.05, 0.1) is 18.0 Å². The number of para-hydroxylation sites is 1. The normalized spacial score (nSPS) is 21.0. The van der Waals surface area contributed by atoms with Gasteiger partial charge >= 0.3 is 0 Å². The Kier molecular flexibility index (Phi) is 4.44. The lowest BCUT2D eigenvalue weighted by Crippen LogP contribution is -2.36. The van der Waals surface area contributed by atoms with Crippen LogP contribution in [-0.2, 0) is 4.79 Å². The molecule has 2 aromatic carbocycles. The van der Waals surface area contributed by atoms with Gasteiger partial charge in [-0.15, -0.1) is 0 Å². The summed E-state index contributed by atoms with van der Waals surface area (Å²) in [5.41, 5.74) is 7.80. The fraction of sp³-hybridized carbons (Fsp3) is 0.250. The molecule has 3 atom stereocenters. The molecule has 0 bridgehead atoms. The maximum atomic E-state index is 13.2. The molecular formula is C20H20FN3O2. The van der Waals surface area contributed by atoms with Crippen molar-refractivity contribution in [1.82, 2.24) is 16.2 Å². The van der Waals surface area contributed by atoms with Crippen LogP contribution in [-0.4, -0.2) is 12.5 Å². The molecule has 134 valence electrons. The topological polar surface area (TPSA) is 66.3 Å². The highest BCUT2D eigenvalue weighted by atomic mass is 19.1. The minimum atomic E-state index is -0.299. The molecule has 1 aliphatic heterocycles. The van der Waals surface area contributed by atoms with E-state index in [9.17, 15) is 9.18 Å². The van der Waals surface area contributed by atoms with E-state index in [-0.39, 0.29) is 29.7 Å². The van der Waals surface area contributed by atoms with Crippen molar-refractivity contribution in [2.24, 2.45) is 5.92 Å². The largest absolute Gasteiger partial charge is 0.459 e. The summed E-state index contributed by atoms with van der Waals surface area (Å²) in [6, 6.07) is 15.4. The van der Waals surface area contributed by atoms with Gasteiger partial charge < -0.3 is 9.73 Å². The molecule has 3 unspecified atom stereocenters. The van der Waals surface area contributed by atoms with Gasteiger partial charge in [-0.2, -0.15) is 0 Å². The van der Waals surface area contributed by atoms with Crippen molar-refractivity contribution in [3.63, 3.8) is 0 Å². The summed E-state index contributed by atoms with van der Waals surface area (Å²) in [5, 5.41) is 4.03. The number of nitrogens with one attached hydrogen (secondary N) is 3. The first kappa shape index (κ1) is 16.8. The monoisotopic (exact) mass is 353 g/mol. The fourth-order valence-electron chi connectivity index (χ4n) is 3.33. The zero-order valence-electron chi connectivity index (χ0n) is 14.3. The summed E-state index contributed by atoms with van der Waals surface area (Å²) < 4.78 is 19.0. The Labute approximate surface area is 150 Å². The van der Waals surface area contributed by atoms with E-state index in [1.165, 1.54) is 12.1 Å². The zero-order chi connectivity index (χ0) is 18.1. The average Bonchev–Trinajstić information content (AvgIpc) is 3.29. The summed E-state index contributed by atoms with van der Waals surface area (Å²) in [4.78, 5) is 12.8. The summed E-state index contributed by atoms with van der Waals surface area (Å²) in [6.07, 6.45) is 0. The molecule has 1 amide bonds. The number of amides is 1. The van der Waals surface area contributed by atoms with Crippen molar-refractivity contribution < 1.29 is 13.6 Å². The molecule has 6 heteroatoms. The lowest BCUT2D eigenvalue weighted by molar-refractivity contribution is -0.125. The molecule has 26 heavy (non-hydrogen) atoms. The second-order valence-electron chi connectivity index (χ2n) is 6.58. The first-order valence-electron chi connectivity index (χ1n) is 8.64. The van der Waals surface area contributed by atoms with E-state index in [1.54, 1.807) is 12.1 Å². The predicted octanol–water partition coefficient (Wildman–Crippen LogP) is 3.21. The quantitative estimate of drug-likeness (QED) is 0.674. The number of hydrogen-bond acceptors (Lipinski definition) is 4. The molecular weight excluding hydrogens is 333 g/mol. The highest BCUT2D eigenvalue weighted by Gasteiger charge is 2.34. The molecule has 1 aliphatic rings. The molecule has 1 aromatic heterocycles. The number of benzene rings is 2. The van der Waals surface area contributed by atoms with Gasteiger partial charge in [-0.3, -0.25) is 10.2 Å². The first-order valence-corrected chi connectivity index (χ1v) is 8.64. The summed E-state index contributed by atoms with van der Waals surface area (Å²) in [7, 11) is 0. The van der Waals surface area contributed by atoms with E-state index in [0.29, 0.717) is 6.54 Å². The molecule has 0 radical (unpaired) electrons.